The molecule has 0 heterocycles. The van der Waals surface area contributed by atoms with Crippen LogP contribution in [0.3, 0.4) is 0 Å². The van der Waals surface area contributed by atoms with Gasteiger partial charge in [-0.1, -0.05) is 30.3 Å². The van der Waals surface area contributed by atoms with E-state index in [0.717, 1.165) is 0 Å². The SMILES string of the molecule is CC(=C=N)C(=O)c1ccccc1. The van der Waals surface area contributed by atoms with Crippen LogP contribution in [0.2, 0.25) is 0 Å². The Morgan fingerprint density at radius 2 is 1.92 bits per heavy atom. The first kappa shape index (κ1) is 8.44. The van der Waals surface area contributed by atoms with Gasteiger partial charge in [-0.3, -0.25) is 10.2 Å². The Kier molecular flexibility index (Phi) is 2.57. The van der Waals surface area contributed by atoms with Crippen LogP contribution in [0.15, 0.2) is 35.9 Å². The Balaban J connectivity index is 3.02. The average molecular weight is 159 g/mol. The van der Waals surface area contributed by atoms with Gasteiger partial charge in [0.05, 0.1) is 5.57 Å². The van der Waals surface area contributed by atoms with Crippen LogP contribution in [0, 0.1) is 5.41 Å². The number of hydrogen-bond donors (Lipinski definition) is 1. The number of hydrogen-bond acceptors (Lipinski definition) is 2. The number of Topliss-reactive ketones (excluding diaryl/α,β-unsaturated/α-hetero) is 1. The number of carbonyl (C=O) groups excluding carboxylic acids is 1. The lowest BCUT2D eigenvalue weighted by Gasteiger charge is -1.95. The van der Waals surface area contributed by atoms with Gasteiger partial charge in [-0.25, -0.2) is 0 Å². The molecule has 0 bridgehead atoms. The molecule has 60 valence electrons. The van der Waals surface area contributed by atoms with E-state index in [2.05, 4.69) is 5.87 Å². The first-order valence-electron chi connectivity index (χ1n) is 3.61. The topological polar surface area (TPSA) is 40.9 Å². The summed E-state index contributed by atoms with van der Waals surface area (Å²) in [6.07, 6.45) is 0. The van der Waals surface area contributed by atoms with Gasteiger partial charge < -0.3 is 0 Å². The largest absolute Gasteiger partial charge is 0.288 e. The molecule has 1 aromatic rings. The Morgan fingerprint density at radius 1 is 1.33 bits per heavy atom. The third-order valence-corrected chi connectivity index (χ3v) is 1.56. The van der Waals surface area contributed by atoms with E-state index in [1.807, 2.05) is 6.07 Å². The van der Waals surface area contributed by atoms with E-state index in [4.69, 9.17) is 5.41 Å². The molecule has 1 rings (SSSR count). The molecule has 0 atom stereocenters. The maximum Gasteiger partial charge on any atom is 0.197 e. The summed E-state index contributed by atoms with van der Waals surface area (Å²) in [5.74, 6) is 1.95. The highest BCUT2D eigenvalue weighted by Crippen LogP contribution is 2.04. The monoisotopic (exact) mass is 159 g/mol. The average Bonchev–Trinajstić information content (AvgIpc) is 2.17. The van der Waals surface area contributed by atoms with Crippen molar-refractivity contribution in [2.45, 2.75) is 6.92 Å². The van der Waals surface area contributed by atoms with E-state index in [0.29, 0.717) is 11.1 Å². The zero-order valence-corrected chi connectivity index (χ0v) is 6.79. The van der Waals surface area contributed by atoms with E-state index in [1.165, 1.54) is 0 Å². The molecule has 0 spiro atoms. The molecule has 2 nitrogen and oxygen atoms in total. The van der Waals surface area contributed by atoms with Crippen LogP contribution in [0.1, 0.15) is 17.3 Å². The van der Waals surface area contributed by atoms with E-state index in [1.54, 1.807) is 31.2 Å². The minimum atomic E-state index is -0.134. The van der Waals surface area contributed by atoms with Crippen molar-refractivity contribution in [3.63, 3.8) is 0 Å². The summed E-state index contributed by atoms with van der Waals surface area (Å²) in [6.45, 7) is 1.59. The molecule has 0 unspecified atom stereocenters. The van der Waals surface area contributed by atoms with Crippen LogP contribution in [0.5, 0.6) is 0 Å². The van der Waals surface area contributed by atoms with Crippen molar-refractivity contribution in [2.75, 3.05) is 0 Å². The zero-order chi connectivity index (χ0) is 8.97. The third kappa shape index (κ3) is 1.68. The highest BCUT2D eigenvalue weighted by atomic mass is 16.1. The molecule has 0 amide bonds. The first-order chi connectivity index (χ1) is 5.75. The molecular formula is C10H9NO. The second kappa shape index (κ2) is 3.65. The van der Waals surface area contributed by atoms with Gasteiger partial charge in [0.2, 0.25) is 0 Å². The highest BCUT2D eigenvalue weighted by Gasteiger charge is 2.05. The summed E-state index contributed by atoms with van der Waals surface area (Å²) in [5.41, 5.74) is 0.941. The van der Waals surface area contributed by atoms with Crippen LogP contribution in [-0.4, -0.2) is 11.7 Å². The minimum Gasteiger partial charge on any atom is -0.288 e. The Labute approximate surface area is 71.0 Å². The Hall–Kier alpha value is -1.66. The van der Waals surface area contributed by atoms with E-state index >= 15 is 0 Å². The fourth-order valence-electron chi connectivity index (χ4n) is 0.863. The molecule has 1 aromatic carbocycles. The van der Waals surface area contributed by atoms with Gasteiger partial charge >= 0.3 is 0 Å². The standard InChI is InChI=1S/C10H9NO/c1-8(7-11)10(12)9-5-3-2-4-6-9/h2-6,11H,1H3. The molecule has 0 saturated heterocycles. The van der Waals surface area contributed by atoms with Gasteiger partial charge in [-0.05, 0) is 12.8 Å². The van der Waals surface area contributed by atoms with E-state index in [-0.39, 0.29) is 5.78 Å². The zero-order valence-electron chi connectivity index (χ0n) is 6.79. The van der Waals surface area contributed by atoms with Crippen LogP contribution in [0.4, 0.5) is 0 Å². The molecule has 0 saturated carbocycles. The number of ketones is 1. The lowest BCUT2D eigenvalue weighted by molar-refractivity contribution is 0.103. The van der Waals surface area contributed by atoms with Crippen LogP contribution >= 0.6 is 0 Å². The van der Waals surface area contributed by atoms with Gasteiger partial charge in [0.25, 0.3) is 0 Å². The summed E-state index contributed by atoms with van der Waals surface area (Å²) in [7, 11) is 0. The molecule has 2 heteroatoms. The van der Waals surface area contributed by atoms with Crippen molar-refractivity contribution in [2.24, 2.45) is 0 Å². The number of rotatable bonds is 2. The number of nitrogens with one attached hydrogen (secondary N) is 1. The van der Waals surface area contributed by atoms with Crippen LogP contribution < -0.4 is 0 Å². The van der Waals surface area contributed by atoms with Gasteiger partial charge in [-0.15, -0.1) is 0 Å². The molecular weight excluding hydrogens is 150 g/mol. The second-order valence-corrected chi connectivity index (χ2v) is 2.45. The smallest absolute Gasteiger partial charge is 0.197 e. The molecule has 12 heavy (non-hydrogen) atoms. The van der Waals surface area contributed by atoms with Gasteiger partial charge in [0.1, 0.15) is 0 Å². The number of allylic oxidation sites excluding steroid dienone is 1. The fourth-order valence-corrected chi connectivity index (χ4v) is 0.863. The Bertz CT molecular complexity index is 334. The minimum absolute atomic E-state index is 0.134. The number of carbonyl (C=O) groups is 1. The van der Waals surface area contributed by atoms with Crippen LogP contribution in [-0.2, 0) is 0 Å². The van der Waals surface area contributed by atoms with Crippen molar-refractivity contribution in [3.05, 3.63) is 41.5 Å². The maximum atomic E-state index is 11.4. The van der Waals surface area contributed by atoms with Crippen molar-refractivity contribution in [3.8, 4) is 0 Å². The molecule has 1 N–H and O–H groups in total. The summed E-state index contributed by atoms with van der Waals surface area (Å²) >= 11 is 0. The lowest BCUT2D eigenvalue weighted by Crippen LogP contribution is -1.99. The summed E-state index contributed by atoms with van der Waals surface area (Å²) in [4.78, 5) is 11.4. The normalized spacial score (nSPS) is 8.75. The summed E-state index contributed by atoms with van der Waals surface area (Å²) in [6, 6.07) is 8.89. The summed E-state index contributed by atoms with van der Waals surface area (Å²) < 4.78 is 0. The lowest BCUT2D eigenvalue weighted by atomic mass is 10.1. The van der Waals surface area contributed by atoms with Crippen molar-refractivity contribution >= 4 is 11.7 Å². The molecule has 0 aliphatic heterocycles. The van der Waals surface area contributed by atoms with Gasteiger partial charge in [0, 0.05) is 5.56 Å². The molecule has 0 aromatic heterocycles. The van der Waals surface area contributed by atoms with Crippen LogP contribution in [0.25, 0.3) is 0 Å². The molecule has 0 aliphatic rings. The molecule has 0 aliphatic carbocycles. The van der Waals surface area contributed by atoms with Gasteiger partial charge in [-0.2, -0.15) is 0 Å². The quantitative estimate of drug-likeness (QED) is 0.400. The Morgan fingerprint density at radius 3 is 2.42 bits per heavy atom. The number of benzene rings is 1. The molecule has 0 radical (unpaired) electrons. The second-order valence-electron chi connectivity index (χ2n) is 2.45. The van der Waals surface area contributed by atoms with Crippen molar-refractivity contribution in [1.29, 1.82) is 5.41 Å². The maximum absolute atomic E-state index is 11.4. The van der Waals surface area contributed by atoms with Crippen molar-refractivity contribution in [1.82, 2.24) is 0 Å². The third-order valence-electron chi connectivity index (χ3n) is 1.56. The first-order valence-corrected chi connectivity index (χ1v) is 3.61. The predicted molar refractivity (Wildman–Crippen MR) is 47.7 cm³/mol. The van der Waals surface area contributed by atoms with E-state index < -0.39 is 0 Å². The summed E-state index contributed by atoms with van der Waals surface area (Å²) in [5, 5.41) is 6.78. The van der Waals surface area contributed by atoms with E-state index in [9.17, 15) is 4.79 Å². The highest BCUT2D eigenvalue weighted by molar-refractivity contribution is 6.12. The van der Waals surface area contributed by atoms with Crippen molar-refractivity contribution < 1.29 is 4.79 Å². The van der Waals surface area contributed by atoms with Gasteiger partial charge in [0.15, 0.2) is 5.78 Å². The predicted octanol–water partition coefficient (Wildman–Crippen LogP) is 2.06. The molecule has 0 fully saturated rings. The fraction of sp³-hybridized carbons (Fsp3) is 0.100.